The van der Waals surface area contributed by atoms with Crippen molar-refractivity contribution >= 4 is 27.9 Å². The second kappa shape index (κ2) is 6.58. The molecular formula is C22H21N3O2. The zero-order valence-electron chi connectivity index (χ0n) is 15.0. The first kappa shape index (κ1) is 16.1. The lowest BCUT2D eigenvalue weighted by Gasteiger charge is -2.31. The van der Waals surface area contributed by atoms with Crippen molar-refractivity contribution in [3.05, 3.63) is 66.7 Å². The van der Waals surface area contributed by atoms with Crippen LogP contribution in [0.5, 0.6) is 0 Å². The van der Waals surface area contributed by atoms with Gasteiger partial charge in [-0.3, -0.25) is 4.79 Å². The minimum absolute atomic E-state index is 0.00210. The largest absolute Gasteiger partial charge is 0.451 e. The van der Waals surface area contributed by atoms with E-state index < -0.39 is 0 Å². The van der Waals surface area contributed by atoms with Gasteiger partial charge in [0.25, 0.3) is 5.91 Å². The van der Waals surface area contributed by atoms with Crippen molar-refractivity contribution in [2.24, 2.45) is 5.92 Å². The van der Waals surface area contributed by atoms with E-state index in [0.29, 0.717) is 11.7 Å². The van der Waals surface area contributed by atoms with Crippen molar-refractivity contribution < 1.29 is 9.21 Å². The Morgan fingerprint density at radius 1 is 1.07 bits per heavy atom. The van der Waals surface area contributed by atoms with Gasteiger partial charge in [0.05, 0.1) is 17.4 Å². The van der Waals surface area contributed by atoms with Gasteiger partial charge in [0.1, 0.15) is 5.58 Å². The van der Waals surface area contributed by atoms with Crippen LogP contribution in [-0.4, -0.2) is 33.4 Å². The number of imidazole rings is 1. The molecule has 1 amide bonds. The third-order valence-corrected chi connectivity index (χ3v) is 5.52. The smallest absolute Gasteiger partial charge is 0.289 e. The molecule has 5 nitrogen and oxygen atoms in total. The van der Waals surface area contributed by atoms with E-state index in [1.165, 1.54) is 5.52 Å². The molecule has 1 aliphatic heterocycles. The Morgan fingerprint density at radius 2 is 1.85 bits per heavy atom. The van der Waals surface area contributed by atoms with Crippen molar-refractivity contribution in [3.63, 3.8) is 0 Å². The second-order valence-electron chi connectivity index (χ2n) is 7.27. The Bertz CT molecular complexity index is 1070. The number of para-hydroxylation sites is 3. The van der Waals surface area contributed by atoms with Gasteiger partial charge in [-0.1, -0.05) is 30.3 Å². The van der Waals surface area contributed by atoms with Gasteiger partial charge in [-0.15, -0.1) is 0 Å². The van der Waals surface area contributed by atoms with E-state index in [-0.39, 0.29) is 5.91 Å². The fourth-order valence-corrected chi connectivity index (χ4v) is 4.00. The number of rotatable bonds is 3. The molecule has 27 heavy (non-hydrogen) atoms. The highest BCUT2D eigenvalue weighted by Crippen LogP contribution is 2.25. The number of hydrogen-bond acceptors (Lipinski definition) is 3. The molecule has 0 aliphatic carbocycles. The summed E-state index contributed by atoms with van der Waals surface area (Å²) in [6.07, 6.45) is 3.92. The van der Waals surface area contributed by atoms with Gasteiger partial charge in [0, 0.05) is 25.0 Å². The SMILES string of the molecule is O=C(c1cc2ccccc2o1)N1CCC(Cn2cnc3ccccc32)CC1. The maximum Gasteiger partial charge on any atom is 0.289 e. The number of fused-ring (bicyclic) bond motifs is 2. The molecule has 0 unspecified atom stereocenters. The highest BCUT2D eigenvalue weighted by Gasteiger charge is 2.26. The Morgan fingerprint density at radius 3 is 2.70 bits per heavy atom. The molecule has 3 heterocycles. The minimum atomic E-state index is -0.00210. The van der Waals surface area contributed by atoms with Gasteiger partial charge >= 0.3 is 0 Å². The lowest BCUT2D eigenvalue weighted by molar-refractivity contribution is 0.0654. The number of carbonyl (C=O) groups is 1. The number of benzene rings is 2. The molecule has 0 bridgehead atoms. The molecule has 5 heteroatoms. The van der Waals surface area contributed by atoms with Crippen LogP contribution in [0.3, 0.4) is 0 Å². The van der Waals surface area contributed by atoms with E-state index in [9.17, 15) is 4.79 Å². The highest BCUT2D eigenvalue weighted by molar-refractivity contribution is 5.96. The molecule has 0 spiro atoms. The predicted octanol–water partition coefficient (Wildman–Crippen LogP) is 4.33. The summed E-state index contributed by atoms with van der Waals surface area (Å²) in [6.45, 7) is 2.49. The van der Waals surface area contributed by atoms with E-state index >= 15 is 0 Å². The number of aromatic nitrogens is 2. The highest BCUT2D eigenvalue weighted by atomic mass is 16.3. The lowest BCUT2D eigenvalue weighted by Crippen LogP contribution is -2.39. The van der Waals surface area contributed by atoms with E-state index in [0.717, 1.165) is 49.0 Å². The number of nitrogens with zero attached hydrogens (tertiary/aromatic N) is 3. The topological polar surface area (TPSA) is 51.3 Å². The van der Waals surface area contributed by atoms with Crippen LogP contribution in [0.4, 0.5) is 0 Å². The monoisotopic (exact) mass is 359 g/mol. The Balaban J connectivity index is 1.25. The van der Waals surface area contributed by atoms with Crippen LogP contribution >= 0.6 is 0 Å². The zero-order valence-corrected chi connectivity index (χ0v) is 15.0. The maximum atomic E-state index is 12.8. The fourth-order valence-electron chi connectivity index (χ4n) is 4.00. The van der Waals surface area contributed by atoms with Crippen LogP contribution in [-0.2, 0) is 6.54 Å². The van der Waals surface area contributed by atoms with Crippen LogP contribution in [0.25, 0.3) is 22.0 Å². The summed E-state index contributed by atoms with van der Waals surface area (Å²) in [4.78, 5) is 19.2. The minimum Gasteiger partial charge on any atom is -0.451 e. The molecule has 0 N–H and O–H groups in total. The number of amides is 1. The molecule has 136 valence electrons. The van der Waals surface area contributed by atoms with Crippen molar-refractivity contribution in [1.29, 1.82) is 0 Å². The number of likely N-dealkylation sites (tertiary alicyclic amines) is 1. The number of hydrogen-bond donors (Lipinski definition) is 0. The molecule has 1 fully saturated rings. The van der Waals surface area contributed by atoms with Gasteiger partial charge in [-0.25, -0.2) is 4.98 Å². The molecule has 0 atom stereocenters. The van der Waals surface area contributed by atoms with Gasteiger partial charge in [0.2, 0.25) is 0 Å². The van der Waals surface area contributed by atoms with Gasteiger partial charge in [0.15, 0.2) is 5.76 Å². The van der Waals surface area contributed by atoms with Crippen LogP contribution in [0.15, 0.2) is 65.3 Å². The van der Waals surface area contributed by atoms with Crippen molar-refractivity contribution in [2.75, 3.05) is 13.1 Å². The fraction of sp³-hybridized carbons (Fsp3) is 0.273. The summed E-state index contributed by atoms with van der Waals surface area (Å²) in [6, 6.07) is 17.8. The van der Waals surface area contributed by atoms with Crippen LogP contribution in [0.2, 0.25) is 0 Å². The maximum absolute atomic E-state index is 12.8. The zero-order chi connectivity index (χ0) is 18.2. The summed E-state index contributed by atoms with van der Waals surface area (Å²) in [5.74, 6) is 0.996. The number of carbonyl (C=O) groups excluding carboxylic acids is 1. The number of furan rings is 1. The van der Waals surface area contributed by atoms with Crippen LogP contribution in [0, 0.1) is 5.92 Å². The molecule has 0 saturated carbocycles. The molecule has 2 aromatic heterocycles. The molecule has 4 aromatic rings. The molecule has 0 radical (unpaired) electrons. The quantitative estimate of drug-likeness (QED) is 0.547. The molecule has 5 rings (SSSR count). The van der Waals surface area contributed by atoms with Crippen molar-refractivity contribution in [3.8, 4) is 0 Å². The summed E-state index contributed by atoms with van der Waals surface area (Å²) in [5.41, 5.74) is 2.98. The molecule has 1 aliphatic rings. The first-order valence-electron chi connectivity index (χ1n) is 9.46. The normalized spacial score (nSPS) is 15.6. The molecular weight excluding hydrogens is 338 g/mol. The van der Waals surface area contributed by atoms with Gasteiger partial charge in [-0.05, 0) is 43.0 Å². The lowest BCUT2D eigenvalue weighted by atomic mass is 9.96. The predicted molar refractivity (Wildman–Crippen MR) is 105 cm³/mol. The van der Waals surface area contributed by atoms with E-state index in [2.05, 4.69) is 21.7 Å². The van der Waals surface area contributed by atoms with Crippen molar-refractivity contribution in [1.82, 2.24) is 14.5 Å². The molecule has 1 saturated heterocycles. The van der Waals surface area contributed by atoms with Crippen molar-refractivity contribution in [2.45, 2.75) is 19.4 Å². The van der Waals surface area contributed by atoms with E-state index in [1.54, 1.807) is 0 Å². The average molecular weight is 359 g/mol. The Hall–Kier alpha value is -3.08. The third kappa shape index (κ3) is 2.99. The Kier molecular flexibility index (Phi) is 3.93. The second-order valence-corrected chi connectivity index (χ2v) is 7.27. The summed E-state index contributed by atoms with van der Waals surface area (Å²) in [7, 11) is 0. The van der Waals surface area contributed by atoms with Crippen LogP contribution in [0.1, 0.15) is 23.4 Å². The first-order chi connectivity index (χ1) is 13.3. The third-order valence-electron chi connectivity index (χ3n) is 5.52. The van der Waals surface area contributed by atoms with E-state index in [4.69, 9.17) is 4.42 Å². The first-order valence-corrected chi connectivity index (χ1v) is 9.46. The molecule has 2 aromatic carbocycles. The summed E-state index contributed by atoms with van der Waals surface area (Å²) < 4.78 is 7.97. The van der Waals surface area contributed by atoms with E-state index in [1.807, 2.05) is 53.7 Å². The Labute approximate surface area is 157 Å². The summed E-state index contributed by atoms with van der Waals surface area (Å²) in [5, 5.41) is 0.975. The van der Waals surface area contributed by atoms with Crippen LogP contribution < -0.4 is 0 Å². The summed E-state index contributed by atoms with van der Waals surface area (Å²) >= 11 is 0. The number of piperidine rings is 1. The standard InChI is InChI=1S/C22H21N3O2/c26-22(21-13-17-5-1-4-8-20(17)27-21)24-11-9-16(10-12-24)14-25-15-23-18-6-2-3-7-19(18)25/h1-8,13,15-16H,9-12,14H2. The van der Waals surface area contributed by atoms with Gasteiger partial charge < -0.3 is 13.9 Å². The van der Waals surface area contributed by atoms with Gasteiger partial charge in [-0.2, -0.15) is 0 Å². The average Bonchev–Trinajstić information content (AvgIpc) is 3.32.